The van der Waals surface area contributed by atoms with Crippen LogP contribution >= 0.6 is 0 Å². The van der Waals surface area contributed by atoms with Crippen molar-refractivity contribution in [3.05, 3.63) is 57.3 Å². The van der Waals surface area contributed by atoms with Crippen molar-refractivity contribution in [2.45, 2.75) is 27.4 Å². The van der Waals surface area contributed by atoms with Gasteiger partial charge in [-0.3, -0.25) is 14.9 Å². The Labute approximate surface area is 133 Å². The van der Waals surface area contributed by atoms with Gasteiger partial charge in [0.1, 0.15) is 6.61 Å². The first kappa shape index (κ1) is 16.4. The Morgan fingerprint density at radius 3 is 2.52 bits per heavy atom. The summed E-state index contributed by atoms with van der Waals surface area (Å²) in [6.45, 7) is 5.00. The molecule has 0 fully saturated rings. The summed E-state index contributed by atoms with van der Waals surface area (Å²) in [7, 11) is 0. The number of ether oxygens (including phenoxy) is 1. The van der Waals surface area contributed by atoms with Gasteiger partial charge in [-0.2, -0.15) is 0 Å². The molecule has 0 amide bonds. The lowest BCUT2D eigenvalue weighted by Gasteiger charge is -2.10. The van der Waals surface area contributed by atoms with E-state index in [0.29, 0.717) is 16.9 Å². The normalized spacial score (nSPS) is 10.2. The van der Waals surface area contributed by atoms with Gasteiger partial charge in [0.2, 0.25) is 5.82 Å². The van der Waals surface area contributed by atoms with Gasteiger partial charge in [0.25, 0.3) is 0 Å². The van der Waals surface area contributed by atoms with Crippen molar-refractivity contribution in [3.8, 4) is 0 Å². The van der Waals surface area contributed by atoms with Gasteiger partial charge in [-0.25, -0.2) is 4.98 Å². The molecule has 1 aromatic heterocycles. The molecule has 0 bridgehead atoms. The second-order valence-electron chi connectivity index (χ2n) is 5.14. The van der Waals surface area contributed by atoms with Crippen LogP contribution < -0.4 is 5.32 Å². The summed E-state index contributed by atoms with van der Waals surface area (Å²) in [6, 6.07) is 8.73. The molecule has 0 spiro atoms. The zero-order valence-electron chi connectivity index (χ0n) is 13.1. The Bertz CT molecular complexity index is 742. The summed E-state index contributed by atoms with van der Waals surface area (Å²) in [5.74, 6) is -0.137. The van der Waals surface area contributed by atoms with Gasteiger partial charge in [-0.15, -0.1) is 0 Å². The van der Waals surface area contributed by atoms with Gasteiger partial charge in [0.05, 0.1) is 4.92 Å². The molecule has 0 aliphatic rings. The molecule has 2 aromatic rings. The molecule has 1 heterocycles. The van der Waals surface area contributed by atoms with Gasteiger partial charge in [-0.1, -0.05) is 12.1 Å². The van der Waals surface area contributed by atoms with Crippen LogP contribution in [-0.2, 0) is 16.1 Å². The third-order valence-corrected chi connectivity index (χ3v) is 3.15. The third kappa shape index (κ3) is 4.26. The zero-order chi connectivity index (χ0) is 17.0. The lowest BCUT2D eigenvalue weighted by atomic mass is 10.2. The molecule has 23 heavy (non-hydrogen) atoms. The van der Waals surface area contributed by atoms with Crippen LogP contribution in [0.1, 0.15) is 23.7 Å². The smallest absolute Gasteiger partial charge is 0.314 e. The minimum Gasteiger partial charge on any atom is -0.461 e. The monoisotopic (exact) mass is 315 g/mol. The number of carbonyl (C=O) groups is 1. The first-order valence-corrected chi connectivity index (χ1v) is 6.99. The van der Waals surface area contributed by atoms with Crippen molar-refractivity contribution in [2.75, 3.05) is 5.32 Å². The molecular weight excluding hydrogens is 298 g/mol. The van der Waals surface area contributed by atoms with Crippen LogP contribution in [0.3, 0.4) is 0 Å². The maximum atomic E-state index is 11.2. The number of nitrogens with one attached hydrogen (secondary N) is 1. The highest BCUT2D eigenvalue weighted by atomic mass is 16.6. The number of carbonyl (C=O) groups excluding carboxylic acids is 1. The molecule has 0 atom stereocenters. The van der Waals surface area contributed by atoms with E-state index in [1.54, 1.807) is 44.2 Å². The highest BCUT2D eigenvalue weighted by Gasteiger charge is 2.19. The molecule has 0 aliphatic heterocycles. The first-order valence-electron chi connectivity index (χ1n) is 6.99. The second kappa shape index (κ2) is 6.87. The van der Waals surface area contributed by atoms with E-state index >= 15 is 0 Å². The Balaban J connectivity index is 2.22. The Hall–Kier alpha value is -2.96. The number of pyridine rings is 1. The predicted octanol–water partition coefficient (Wildman–Crippen LogP) is 3.41. The number of aromatic nitrogens is 1. The molecule has 0 aliphatic carbocycles. The topological polar surface area (TPSA) is 94.4 Å². The zero-order valence-corrected chi connectivity index (χ0v) is 13.1. The highest BCUT2D eigenvalue weighted by Crippen LogP contribution is 2.29. The largest absolute Gasteiger partial charge is 0.461 e. The highest BCUT2D eigenvalue weighted by molar-refractivity contribution is 5.68. The van der Waals surface area contributed by atoms with Crippen molar-refractivity contribution < 1.29 is 14.5 Å². The van der Waals surface area contributed by atoms with Crippen molar-refractivity contribution >= 4 is 23.2 Å². The van der Waals surface area contributed by atoms with Crippen LogP contribution in [0.25, 0.3) is 0 Å². The van der Waals surface area contributed by atoms with E-state index in [1.807, 2.05) is 0 Å². The average Bonchev–Trinajstić information content (AvgIpc) is 2.45. The lowest BCUT2D eigenvalue weighted by Crippen LogP contribution is -2.03. The minimum atomic E-state index is -0.445. The summed E-state index contributed by atoms with van der Waals surface area (Å²) in [4.78, 5) is 25.8. The minimum absolute atomic E-state index is 0.0420. The molecule has 7 nitrogen and oxygen atoms in total. The van der Waals surface area contributed by atoms with E-state index in [0.717, 1.165) is 5.56 Å². The summed E-state index contributed by atoms with van der Waals surface area (Å²) < 4.78 is 4.91. The van der Waals surface area contributed by atoms with Crippen molar-refractivity contribution in [2.24, 2.45) is 0 Å². The van der Waals surface area contributed by atoms with Crippen LogP contribution in [0, 0.1) is 24.0 Å². The molecule has 1 N–H and O–H groups in total. The number of esters is 1. The summed E-state index contributed by atoms with van der Waals surface area (Å²) >= 11 is 0. The van der Waals surface area contributed by atoms with Gasteiger partial charge in [-0.05, 0) is 37.6 Å². The Morgan fingerprint density at radius 2 is 1.96 bits per heavy atom. The molecule has 0 saturated heterocycles. The van der Waals surface area contributed by atoms with E-state index in [2.05, 4.69) is 10.3 Å². The fourth-order valence-electron chi connectivity index (χ4n) is 2.15. The third-order valence-electron chi connectivity index (χ3n) is 3.15. The number of nitrogens with zero attached hydrogens (tertiary/aromatic N) is 2. The number of nitro groups is 1. The standard InChI is InChI=1S/C16H17N3O4/c1-10-8-11(2)17-16(15(10)19(21)22)18-14-6-4-13(5-7-14)9-23-12(3)20/h4-8H,9H2,1-3H3,(H,17,18). The second-order valence-corrected chi connectivity index (χ2v) is 5.14. The SMILES string of the molecule is CC(=O)OCc1ccc(Nc2nc(C)cc(C)c2[N+](=O)[O-])cc1. The molecule has 0 saturated carbocycles. The van der Waals surface area contributed by atoms with E-state index in [4.69, 9.17) is 4.74 Å². The molecule has 1 aromatic carbocycles. The lowest BCUT2D eigenvalue weighted by molar-refractivity contribution is -0.384. The van der Waals surface area contributed by atoms with Crippen molar-refractivity contribution in [1.82, 2.24) is 4.98 Å². The maximum Gasteiger partial charge on any atom is 0.314 e. The molecule has 0 radical (unpaired) electrons. The summed E-state index contributed by atoms with van der Waals surface area (Å²) in [5.41, 5.74) is 2.70. The van der Waals surface area contributed by atoms with E-state index in [-0.39, 0.29) is 24.1 Å². The molecule has 0 unspecified atom stereocenters. The van der Waals surface area contributed by atoms with Gasteiger partial charge >= 0.3 is 11.7 Å². The molecule has 7 heteroatoms. The van der Waals surface area contributed by atoms with E-state index in [1.165, 1.54) is 6.92 Å². The number of benzene rings is 1. The molecular formula is C16H17N3O4. The molecule has 2 rings (SSSR count). The predicted molar refractivity (Wildman–Crippen MR) is 85.6 cm³/mol. The summed E-state index contributed by atoms with van der Waals surface area (Å²) in [5, 5.41) is 14.2. The van der Waals surface area contributed by atoms with Crippen LogP contribution in [-0.4, -0.2) is 15.9 Å². The van der Waals surface area contributed by atoms with Gasteiger partial charge < -0.3 is 10.1 Å². The van der Waals surface area contributed by atoms with E-state index in [9.17, 15) is 14.9 Å². The molecule has 120 valence electrons. The fourth-order valence-corrected chi connectivity index (χ4v) is 2.15. The number of anilines is 2. The first-order chi connectivity index (χ1) is 10.9. The summed E-state index contributed by atoms with van der Waals surface area (Å²) in [6.07, 6.45) is 0. The fraction of sp³-hybridized carbons (Fsp3) is 0.250. The van der Waals surface area contributed by atoms with Crippen molar-refractivity contribution in [3.63, 3.8) is 0 Å². The number of hydrogen-bond acceptors (Lipinski definition) is 6. The average molecular weight is 315 g/mol. The van der Waals surface area contributed by atoms with E-state index < -0.39 is 4.92 Å². The number of aryl methyl sites for hydroxylation is 2. The Morgan fingerprint density at radius 1 is 1.30 bits per heavy atom. The van der Waals surface area contributed by atoms with Crippen molar-refractivity contribution in [1.29, 1.82) is 0 Å². The number of hydrogen-bond donors (Lipinski definition) is 1. The van der Waals surface area contributed by atoms with Crippen LogP contribution in [0.2, 0.25) is 0 Å². The number of rotatable bonds is 5. The van der Waals surface area contributed by atoms with Crippen LogP contribution in [0.5, 0.6) is 0 Å². The maximum absolute atomic E-state index is 11.2. The quantitative estimate of drug-likeness (QED) is 0.516. The van der Waals surface area contributed by atoms with Gasteiger partial charge in [0.15, 0.2) is 0 Å². The Kier molecular flexibility index (Phi) is 4.90. The van der Waals surface area contributed by atoms with Crippen LogP contribution in [0.15, 0.2) is 30.3 Å². The van der Waals surface area contributed by atoms with Gasteiger partial charge in [0, 0.05) is 23.9 Å². The van der Waals surface area contributed by atoms with Crippen LogP contribution in [0.4, 0.5) is 17.2 Å².